The molecule has 2 aliphatic heterocycles. The maximum absolute atomic E-state index is 15.3. The van der Waals surface area contributed by atoms with E-state index in [4.69, 9.17) is 14.5 Å². The number of carbonyl (C=O) groups excluding carboxylic acids is 5. The maximum atomic E-state index is 15.3. The molecule has 362 valence electrons. The van der Waals surface area contributed by atoms with Crippen LogP contribution in [0.2, 0.25) is 0 Å². The first-order chi connectivity index (χ1) is 31.3. The summed E-state index contributed by atoms with van der Waals surface area (Å²) in [6.07, 6.45) is 6.21. The molecule has 2 aliphatic rings. The number of hydrogen-bond acceptors (Lipinski definition) is 11. The molecular weight excluding hydrogens is 852 g/mol. The molecular formula is C49H69FN6O10. The van der Waals surface area contributed by atoms with E-state index in [9.17, 15) is 39.0 Å². The third-order valence-electron chi connectivity index (χ3n) is 13.5. The van der Waals surface area contributed by atoms with E-state index in [-0.39, 0.29) is 73.2 Å². The van der Waals surface area contributed by atoms with Crippen molar-refractivity contribution in [1.82, 2.24) is 30.8 Å². The second-order valence-electron chi connectivity index (χ2n) is 18.5. The van der Waals surface area contributed by atoms with Crippen LogP contribution in [0.3, 0.4) is 0 Å². The monoisotopic (exact) mass is 921 g/mol. The summed E-state index contributed by atoms with van der Waals surface area (Å²) in [4.78, 5) is 82.0. The molecule has 2 unspecified atom stereocenters. The van der Waals surface area contributed by atoms with Crippen LogP contribution in [0.1, 0.15) is 140 Å². The Morgan fingerprint density at radius 3 is 2.42 bits per heavy atom. The highest BCUT2D eigenvalue weighted by Crippen LogP contribution is 2.40. The first-order valence-corrected chi connectivity index (χ1v) is 23.5. The van der Waals surface area contributed by atoms with E-state index in [1.54, 1.807) is 38.3 Å². The van der Waals surface area contributed by atoms with Crippen molar-refractivity contribution in [3.63, 3.8) is 0 Å². The minimum absolute atomic E-state index is 0.0220. The molecule has 16 nitrogen and oxygen atoms in total. The summed E-state index contributed by atoms with van der Waals surface area (Å²) >= 11 is 0. The number of aliphatic hydroxyl groups is 2. The third kappa shape index (κ3) is 11.6. The van der Waals surface area contributed by atoms with Crippen molar-refractivity contribution >= 4 is 40.5 Å². The molecule has 6 N–H and O–H groups in total. The minimum atomic E-state index is -1.95. The highest BCUT2D eigenvalue weighted by Gasteiger charge is 2.45. The lowest BCUT2D eigenvalue weighted by Crippen LogP contribution is -2.55. The largest absolute Gasteiger partial charge is 0.458 e. The van der Waals surface area contributed by atoms with Crippen molar-refractivity contribution in [2.24, 2.45) is 11.3 Å². The first kappa shape index (κ1) is 51.7. The van der Waals surface area contributed by atoms with Crippen molar-refractivity contribution < 1.29 is 48.0 Å². The number of pyridine rings is 2. The quantitative estimate of drug-likeness (QED) is 0.0317. The predicted molar refractivity (Wildman–Crippen MR) is 246 cm³/mol. The molecule has 66 heavy (non-hydrogen) atoms. The second kappa shape index (κ2) is 22.5. The number of nitrogens with zero attached hydrogens (tertiary/aromatic N) is 2. The summed E-state index contributed by atoms with van der Waals surface area (Å²) in [7, 11) is 0. The number of unbranched alkanes of at least 4 members (excludes halogenated alkanes) is 2. The highest BCUT2D eigenvalue weighted by molar-refractivity contribution is 5.93. The zero-order valence-corrected chi connectivity index (χ0v) is 39.8. The van der Waals surface area contributed by atoms with Gasteiger partial charge in [-0.2, -0.15) is 0 Å². The molecule has 17 heteroatoms. The molecule has 0 saturated carbocycles. The third-order valence-corrected chi connectivity index (χ3v) is 13.5. The van der Waals surface area contributed by atoms with Crippen LogP contribution in [-0.2, 0) is 58.6 Å². The van der Waals surface area contributed by atoms with E-state index in [0.717, 1.165) is 35.8 Å². The molecule has 0 aliphatic carbocycles. The van der Waals surface area contributed by atoms with Crippen molar-refractivity contribution in [3.05, 3.63) is 62.2 Å². The number of fused-ring (bicyclic) bond motifs is 5. The Hall–Kier alpha value is -5.26. The maximum Gasteiger partial charge on any atom is 0.343 e. The molecule has 0 saturated heterocycles. The zero-order chi connectivity index (χ0) is 48.5. The van der Waals surface area contributed by atoms with E-state index in [1.165, 1.54) is 13.0 Å². The number of halogens is 1. The Labute approximate surface area is 386 Å². The van der Waals surface area contributed by atoms with Gasteiger partial charge in [0.25, 0.3) is 5.56 Å². The van der Waals surface area contributed by atoms with Crippen LogP contribution in [0.15, 0.2) is 23.0 Å². The molecule has 0 spiro atoms. The molecule has 0 fully saturated rings. The van der Waals surface area contributed by atoms with Crippen LogP contribution in [0, 0.1) is 24.1 Å². The van der Waals surface area contributed by atoms with Crippen LogP contribution < -0.4 is 26.8 Å². The van der Waals surface area contributed by atoms with Crippen molar-refractivity contribution in [2.45, 2.75) is 163 Å². The standard InChI is InChI=1S/C49H69FN6O10/c1-9-19-48(8,10-2)39(57)17-12-13-18-40(58)51-24-41(59)55-42(28(4)5)45(61)53-30(7)44(60)52-27-65-20-15-14-16-32-29(6)36(50)23-37-33(32)21-31-25-56-38(43(31)54-37)22-35-34(46(56)62)26-66-47(63)49(35,64)11-3/h21-23,28,30,39,42,57,64H,9-20,24-27H2,1-8H3,(H,51,58)(H,52,60)(H,53,61)(H,55,59)/t30-,39?,42-,48?,49-/m0/s1. The zero-order valence-electron chi connectivity index (χ0n) is 39.8. The summed E-state index contributed by atoms with van der Waals surface area (Å²) in [5, 5.41) is 33.1. The van der Waals surface area contributed by atoms with Gasteiger partial charge in [-0.05, 0) is 99.8 Å². The number of rotatable bonds is 24. The average molecular weight is 921 g/mol. The molecule has 3 aromatic rings. The molecule has 1 aromatic carbocycles. The Balaban J connectivity index is 1.04. The molecule has 0 radical (unpaired) electrons. The number of carbonyl (C=O) groups is 5. The van der Waals surface area contributed by atoms with Gasteiger partial charge in [0.1, 0.15) is 31.2 Å². The van der Waals surface area contributed by atoms with Gasteiger partial charge in [-0.1, -0.05) is 54.4 Å². The van der Waals surface area contributed by atoms with Crippen molar-refractivity contribution in [1.29, 1.82) is 0 Å². The van der Waals surface area contributed by atoms with Crippen molar-refractivity contribution in [3.8, 4) is 11.4 Å². The number of esters is 1. The highest BCUT2D eigenvalue weighted by atomic mass is 19.1. The average Bonchev–Trinajstić information content (AvgIpc) is 3.65. The fourth-order valence-electron chi connectivity index (χ4n) is 8.95. The lowest BCUT2D eigenvalue weighted by Gasteiger charge is -2.33. The number of aromatic nitrogens is 2. The lowest BCUT2D eigenvalue weighted by atomic mass is 9.76. The lowest BCUT2D eigenvalue weighted by molar-refractivity contribution is -0.172. The molecule has 2 aromatic heterocycles. The Bertz CT molecular complexity index is 2350. The Morgan fingerprint density at radius 2 is 1.74 bits per heavy atom. The number of hydrogen-bond donors (Lipinski definition) is 6. The number of aliphatic hydroxyl groups excluding tert-OH is 1. The molecule has 0 bridgehead atoms. The predicted octanol–water partition coefficient (Wildman–Crippen LogP) is 4.84. The number of benzene rings is 1. The fourth-order valence-corrected chi connectivity index (χ4v) is 8.95. The van der Waals surface area contributed by atoms with Crippen LogP contribution in [0.5, 0.6) is 0 Å². The topological polar surface area (TPSA) is 227 Å². The SMILES string of the molecule is CCCC(C)(CC)C(O)CCCCC(=O)NCC(=O)N[C@H](C(=O)N[C@@H](C)C(=O)NCOCCCCc1c(C)c(F)cc2nc3c(cc12)Cn1c-3cc2c(c1=O)COC(=O)[C@]2(O)CC)C(C)C. The van der Waals surface area contributed by atoms with Gasteiger partial charge in [-0.15, -0.1) is 0 Å². The van der Waals surface area contributed by atoms with Crippen LogP contribution in [0.25, 0.3) is 22.3 Å². The van der Waals surface area contributed by atoms with Gasteiger partial charge in [0.2, 0.25) is 23.6 Å². The molecule has 5 atom stereocenters. The van der Waals surface area contributed by atoms with Crippen molar-refractivity contribution in [2.75, 3.05) is 19.9 Å². The summed E-state index contributed by atoms with van der Waals surface area (Å²) in [5.74, 6) is -3.41. The van der Waals surface area contributed by atoms with Crippen LogP contribution in [-0.4, -0.2) is 87.4 Å². The number of ether oxygens (including phenoxy) is 2. The number of aryl methyl sites for hydroxylation is 1. The fraction of sp³-hybridized carbons (Fsp3) is 0.612. The Morgan fingerprint density at radius 1 is 1.00 bits per heavy atom. The second-order valence-corrected chi connectivity index (χ2v) is 18.5. The number of nitrogens with one attached hydrogen (secondary N) is 4. The summed E-state index contributed by atoms with van der Waals surface area (Å²) in [6.45, 7) is 14.5. The van der Waals surface area contributed by atoms with Gasteiger partial charge in [0, 0.05) is 35.6 Å². The Kier molecular flexibility index (Phi) is 17.6. The normalized spacial score (nSPS) is 17.5. The van der Waals surface area contributed by atoms with Gasteiger partial charge in [0.15, 0.2) is 5.60 Å². The van der Waals surface area contributed by atoms with E-state index in [2.05, 4.69) is 42.0 Å². The van der Waals surface area contributed by atoms with Gasteiger partial charge >= 0.3 is 5.97 Å². The van der Waals surface area contributed by atoms with E-state index < -0.39 is 53.3 Å². The molecule has 5 rings (SSSR count). The summed E-state index contributed by atoms with van der Waals surface area (Å²) in [5.41, 5.74) is 1.34. The van der Waals surface area contributed by atoms with Crippen LogP contribution >= 0.6 is 0 Å². The summed E-state index contributed by atoms with van der Waals surface area (Å²) < 4.78 is 27.7. The first-order valence-electron chi connectivity index (χ1n) is 23.5. The van der Waals surface area contributed by atoms with E-state index >= 15 is 4.39 Å². The van der Waals surface area contributed by atoms with E-state index in [0.29, 0.717) is 67.6 Å². The molecule has 4 heterocycles. The van der Waals surface area contributed by atoms with Gasteiger partial charge in [0.05, 0.1) is 41.7 Å². The number of cyclic esters (lactones) is 1. The van der Waals surface area contributed by atoms with E-state index in [1.807, 2.05) is 6.07 Å². The minimum Gasteiger partial charge on any atom is -0.458 e. The number of amides is 4. The molecule has 4 amide bonds. The van der Waals surface area contributed by atoms with Gasteiger partial charge in [-0.25, -0.2) is 14.2 Å². The van der Waals surface area contributed by atoms with Crippen LogP contribution in [0.4, 0.5) is 4.39 Å². The smallest absolute Gasteiger partial charge is 0.343 e. The summed E-state index contributed by atoms with van der Waals surface area (Å²) in [6, 6.07) is 3.03. The van der Waals surface area contributed by atoms with Gasteiger partial charge in [-0.3, -0.25) is 24.0 Å². The van der Waals surface area contributed by atoms with Gasteiger partial charge < -0.3 is 45.5 Å².